The second kappa shape index (κ2) is 6.52. The van der Waals surface area contributed by atoms with E-state index < -0.39 is 17.7 Å². The standard InChI is InChI=1S/C14H10Br2ClF2N/c1-20-14(8-3-2-7(15)6-11(8)18)9-4-5-10(16)12(17)13(9)19/h2-6,14,20H,1H3. The molecule has 1 unspecified atom stereocenters. The number of rotatable bonds is 3. The van der Waals surface area contributed by atoms with Crippen LogP contribution in [-0.2, 0) is 0 Å². The molecule has 0 saturated carbocycles. The Hall–Kier alpha value is -0.490. The van der Waals surface area contributed by atoms with Gasteiger partial charge in [-0.05, 0) is 41.2 Å². The molecule has 1 atom stereocenters. The van der Waals surface area contributed by atoms with Crippen LogP contribution in [0.5, 0.6) is 0 Å². The predicted octanol–water partition coefficient (Wildman–Crippen LogP) is 5.45. The van der Waals surface area contributed by atoms with Crippen LogP contribution in [0.3, 0.4) is 0 Å². The third-order valence-electron chi connectivity index (χ3n) is 2.94. The molecule has 2 rings (SSSR count). The fraction of sp³-hybridized carbons (Fsp3) is 0.143. The first-order chi connectivity index (χ1) is 9.45. The van der Waals surface area contributed by atoms with Crippen LogP contribution in [0.25, 0.3) is 0 Å². The van der Waals surface area contributed by atoms with Crippen LogP contribution in [0.1, 0.15) is 17.2 Å². The van der Waals surface area contributed by atoms with Gasteiger partial charge in [-0.15, -0.1) is 0 Å². The Labute approximate surface area is 137 Å². The summed E-state index contributed by atoms with van der Waals surface area (Å²) in [7, 11) is 1.64. The van der Waals surface area contributed by atoms with Gasteiger partial charge in [-0.2, -0.15) is 0 Å². The molecule has 0 radical (unpaired) electrons. The van der Waals surface area contributed by atoms with Crippen LogP contribution < -0.4 is 5.32 Å². The highest BCUT2D eigenvalue weighted by atomic mass is 79.9. The quantitative estimate of drug-likeness (QED) is 0.645. The van der Waals surface area contributed by atoms with Crippen molar-refractivity contribution in [3.8, 4) is 0 Å². The molecule has 2 aromatic carbocycles. The van der Waals surface area contributed by atoms with Crippen molar-refractivity contribution >= 4 is 43.5 Å². The van der Waals surface area contributed by atoms with Gasteiger partial charge in [0, 0.05) is 20.1 Å². The molecule has 0 fully saturated rings. The van der Waals surface area contributed by atoms with Crippen molar-refractivity contribution in [1.29, 1.82) is 0 Å². The lowest BCUT2D eigenvalue weighted by Crippen LogP contribution is -2.20. The van der Waals surface area contributed by atoms with E-state index in [1.54, 1.807) is 31.3 Å². The summed E-state index contributed by atoms with van der Waals surface area (Å²) in [6.07, 6.45) is 0. The number of halogens is 5. The average Bonchev–Trinajstić information content (AvgIpc) is 2.41. The van der Waals surface area contributed by atoms with Crippen molar-refractivity contribution in [3.63, 3.8) is 0 Å². The van der Waals surface area contributed by atoms with E-state index in [4.69, 9.17) is 11.6 Å². The summed E-state index contributed by atoms with van der Waals surface area (Å²) in [4.78, 5) is 0. The van der Waals surface area contributed by atoms with E-state index in [1.165, 1.54) is 6.07 Å². The summed E-state index contributed by atoms with van der Waals surface area (Å²) in [5, 5.41) is 2.90. The molecule has 0 saturated heterocycles. The molecule has 0 aromatic heterocycles. The third-order valence-corrected chi connectivity index (χ3v) is 4.69. The van der Waals surface area contributed by atoms with Crippen LogP contribution in [0.2, 0.25) is 5.02 Å². The molecule has 0 heterocycles. The fourth-order valence-electron chi connectivity index (χ4n) is 1.98. The second-order valence-electron chi connectivity index (χ2n) is 4.15. The maximum atomic E-state index is 14.3. The minimum atomic E-state index is -0.617. The van der Waals surface area contributed by atoms with Crippen molar-refractivity contribution < 1.29 is 8.78 Å². The molecule has 2 aromatic rings. The topological polar surface area (TPSA) is 12.0 Å². The van der Waals surface area contributed by atoms with Crippen LogP contribution in [0.4, 0.5) is 8.78 Å². The lowest BCUT2D eigenvalue weighted by molar-refractivity contribution is 0.546. The SMILES string of the molecule is CNC(c1ccc(Br)cc1F)c1ccc(Br)c(Cl)c1F. The first-order valence-corrected chi connectivity index (χ1v) is 7.67. The zero-order chi connectivity index (χ0) is 14.9. The van der Waals surface area contributed by atoms with Crippen molar-refractivity contribution in [2.45, 2.75) is 6.04 Å². The number of hydrogen-bond acceptors (Lipinski definition) is 1. The predicted molar refractivity (Wildman–Crippen MR) is 84.1 cm³/mol. The molecule has 20 heavy (non-hydrogen) atoms. The first kappa shape index (κ1) is 15.9. The van der Waals surface area contributed by atoms with E-state index >= 15 is 0 Å². The Kier molecular flexibility index (Phi) is 5.18. The zero-order valence-electron chi connectivity index (χ0n) is 10.4. The summed E-state index contributed by atoms with van der Waals surface area (Å²) in [5.41, 5.74) is 0.648. The summed E-state index contributed by atoms with van der Waals surface area (Å²) in [5.74, 6) is -0.986. The lowest BCUT2D eigenvalue weighted by Gasteiger charge is -2.19. The largest absolute Gasteiger partial charge is 0.309 e. The molecular formula is C14H10Br2ClF2N. The Morgan fingerprint density at radius 1 is 1.10 bits per heavy atom. The highest BCUT2D eigenvalue weighted by Crippen LogP contribution is 2.34. The minimum absolute atomic E-state index is 0.0136. The van der Waals surface area contributed by atoms with Gasteiger partial charge in [-0.25, -0.2) is 8.78 Å². The van der Waals surface area contributed by atoms with E-state index in [1.807, 2.05) is 0 Å². The van der Waals surface area contributed by atoms with Gasteiger partial charge < -0.3 is 5.32 Å². The van der Waals surface area contributed by atoms with Crippen molar-refractivity contribution in [2.75, 3.05) is 7.05 Å². The van der Waals surface area contributed by atoms with Gasteiger partial charge in [0.2, 0.25) is 0 Å². The Morgan fingerprint density at radius 3 is 2.35 bits per heavy atom. The third kappa shape index (κ3) is 3.06. The molecule has 0 aliphatic rings. The van der Waals surface area contributed by atoms with E-state index in [2.05, 4.69) is 37.2 Å². The van der Waals surface area contributed by atoms with Crippen molar-refractivity contribution in [3.05, 3.63) is 67.1 Å². The molecule has 6 heteroatoms. The number of benzene rings is 2. The van der Waals surface area contributed by atoms with Crippen molar-refractivity contribution in [1.82, 2.24) is 5.32 Å². The summed E-state index contributed by atoms with van der Waals surface area (Å²) < 4.78 is 29.4. The average molecular weight is 425 g/mol. The molecule has 1 nitrogen and oxygen atoms in total. The molecule has 0 aliphatic heterocycles. The molecular weight excluding hydrogens is 415 g/mol. The Bertz CT molecular complexity index is 649. The van der Waals surface area contributed by atoms with Gasteiger partial charge in [0.25, 0.3) is 0 Å². The summed E-state index contributed by atoms with van der Waals surface area (Å²) in [6.45, 7) is 0. The van der Waals surface area contributed by atoms with E-state index in [-0.39, 0.29) is 5.02 Å². The molecule has 0 spiro atoms. The van der Waals surface area contributed by atoms with Gasteiger partial charge in [-0.3, -0.25) is 0 Å². The van der Waals surface area contributed by atoms with Crippen molar-refractivity contribution in [2.24, 2.45) is 0 Å². The summed E-state index contributed by atoms with van der Waals surface area (Å²) >= 11 is 12.2. The van der Waals surface area contributed by atoms with Gasteiger partial charge >= 0.3 is 0 Å². The number of hydrogen-bond donors (Lipinski definition) is 1. The number of nitrogens with one attached hydrogen (secondary N) is 1. The molecule has 1 N–H and O–H groups in total. The Balaban J connectivity index is 2.55. The fourth-order valence-corrected chi connectivity index (χ4v) is 2.79. The molecule has 0 bridgehead atoms. The van der Waals surface area contributed by atoms with Gasteiger partial charge in [0.15, 0.2) is 0 Å². The van der Waals surface area contributed by atoms with E-state index in [9.17, 15) is 8.78 Å². The summed E-state index contributed by atoms with van der Waals surface area (Å²) in [6, 6.07) is 7.26. The van der Waals surface area contributed by atoms with Crippen LogP contribution in [-0.4, -0.2) is 7.05 Å². The van der Waals surface area contributed by atoms with Gasteiger partial charge in [0.1, 0.15) is 11.6 Å². The van der Waals surface area contributed by atoms with Gasteiger partial charge in [-0.1, -0.05) is 39.7 Å². The zero-order valence-corrected chi connectivity index (χ0v) is 14.3. The smallest absolute Gasteiger partial charge is 0.148 e. The van der Waals surface area contributed by atoms with E-state index in [0.29, 0.717) is 20.1 Å². The van der Waals surface area contributed by atoms with E-state index in [0.717, 1.165) is 0 Å². The maximum absolute atomic E-state index is 14.3. The van der Waals surface area contributed by atoms with Crippen LogP contribution in [0, 0.1) is 11.6 Å². The normalized spacial score (nSPS) is 12.5. The lowest BCUT2D eigenvalue weighted by atomic mass is 9.98. The van der Waals surface area contributed by atoms with Crippen LogP contribution >= 0.6 is 43.5 Å². The highest BCUT2D eigenvalue weighted by Gasteiger charge is 2.22. The second-order valence-corrected chi connectivity index (χ2v) is 6.30. The Morgan fingerprint density at radius 2 is 1.75 bits per heavy atom. The highest BCUT2D eigenvalue weighted by molar-refractivity contribution is 9.10. The van der Waals surface area contributed by atoms with Gasteiger partial charge in [0.05, 0.1) is 11.1 Å². The molecule has 0 amide bonds. The first-order valence-electron chi connectivity index (χ1n) is 5.71. The molecule has 106 valence electrons. The molecule has 0 aliphatic carbocycles. The monoisotopic (exact) mass is 423 g/mol. The van der Waals surface area contributed by atoms with Crippen LogP contribution in [0.15, 0.2) is 39.3 Å². The minimum Gasteiger partial charge on any atom is -0.309 e. The maximum Gasteiger partial charge on any atom is 0.148 e.